The number of fused-ring (bicyclic) bond motifs is 6. The van der Waals surface area contributed by atoms with Crippen molar-refractivity contribution in [3.8, 4) is 0 Å². The Hall–Kier alpha value is -5.80. The number of rotatable bonds is 7. The zero-order valence-corrected chi connectivity index (χ0v) is 33.0. The second kappa shape index (κ2) is 14.9. The molecule has 0 saturated carbocycles. The average molecular weight is 799 g/mol. The SMILES string of the molecule is CNC1CCN(c2nc3ccccc3c3c2ccn3S(=O)(=O)c2ccccc2)C1.O=S(=O)(c1ccccc1)n1ccc2c(N3CCNCC3)nc3ccccc3c21. The van der Waals surface area contributed by atoms with Crippen LogP contribution in [-0.4, -0.2) is 87.1 Å². The lowest BCUT2D eigenvalue weighted by atomic mass is 10.1. The number of nitrogens with zero attached hydrogens (tertiary/aromatic N) is 6. The largest absolute Gasteiger partial charge is 0.354 e. The fourth-order valence-corrected chi connectivity index (χ4v) is 10.7. The molecule has 10 rings (SSSR count). The van der Waals surface area contributed by atoms with E-state index in [1.165, 1.54) is 7.94 Å². The van der Waals surface area contributed by atoms with Gasteiger partial charge < -0.3 is 20.4 Å². The molecule has 2 saturated heterocycles. The molecule has 1 atom stereocenters. The Labute approximate surface area is 331 Å². The Bertz CT molecular complexity index is 2960. The lowest BCUT2D eigenvalue weighted by Crippen LogP contribution is -2.44. The van der Waals surface area contributed by atoms with E-state index in [9.17, 15) is 16.8 Å². The number of piperazine rings is 1. The number of para-hydroxylation sites is 2. The zero-order chi connectivity index (χ0) is 39.1. The fourth-order valence-electron chi connectivity index (χ4n) is 7.97. The predicted molar refractivity (Wildman–Crippen MR) is 227 cm³/mol. The van der Waals surface area contributed by atoms with E-state index in [2.05, 4.69) is 20.4 Å². The molecule has 14 heteroatoms. The molecular weight excluding hydrogens is 757 g/mol. The van der Waals surface area contributed by atoms with Crippen LogP contribution >= 0.6 is 0 Å². The number of hydrogen-bond acceptors (Lipinski definition) is 10. The third kappa shape index (κ3) is 6.57. The molecule has 0 aliphatic carbocycles. The molecule has 2 fully saturated rings. The first-order chi connectivity index (χ1) is 27.8. The van der Waals surface area contributed by atoms with Gasteiger partial charge in [-0.1, -0.05) is 72.8 Å². The van der Waals surface area contributed by atoms with E-state index < -0.39 is 20.0 Å². The Morgan fingerprint density at radius 1 is 0.561 bits per heavy atom. The molecule has 2 N–H and O–H groups in total. The minimum Gasteiger partial charge on any atom is -0.354 e. The van der Waals surface area contributed by atoms with E-state index in [0.29, 0.717) is 17.1 Å². The van der Waals surface area contributed by atoms with Gasteiger partial charge in [-0.05, 0) is 62.0 Å². The molecular formula is C43H42N8O4S2. The Kier molecular flexibility index (Phi) is 9.65. The molecule has 8 aromatic rings. The lowest BCUT2D eigenvalue weighted by Gasteiger charge is -2.29. The smallest absolute Gasteiger partial charge is 0.268 e. The summed E-state index contributed by atoms with van der Waals surface area (Å²) in [6, 6.07) is 36.7. The summed E-state index contributed by atoms with van der Waals surface area (Å²) in [5.41, 5.74) is 2.96. The predicted octanol–water partition coefficient (Wildman–Crippen LogP) is 6.06. The lowest BCUT2D eigenvalue weighted by molar-refractivity contribution is 0.586. The highest BCUT2D eigenvalue weighted by molar-refractivity contribution is 7.90. The van der Waals surface area contributed by atoms with E-state index in [0.717, 1.165) is 89.9 Å². The monoisotopic (exact) mass is 798 g/mol. The minimum atomic E-state index is -3.71. The van der Waals surface area contributed by atoms with Crippen LogP contribution in [0.15, 0.2) is 144 Å². The van der Waals surface area contributed by atoms with Crippen molar-refractivity contribution in [3.05, 3.63) is 134 Å². The normalized spacial score (nSPS) is 16.4. The van der Waals surface area contributed by atoms with Crippen molar-refractivity contribution in [3.63, 3.8) is 0 Å². The molecule has 12 nitrogen and oxygen atoms in total. The molecule has 2 aliphatic heterocycles. The summed E-state index contributed by atoms with van der Waals surface area (Å²) >= 11 is 0. The number of likely N-dealkylation sites (N-methyl/N-ethyl adjacent to an activating group) is 1. The van der Waals surface area contributed by atoms with Crippen molar-refractivity contribution in [2.45, 2.75) is 22.3 Å². The standard InChI is InChI=1S/C22H22N4O2S.C21H20N4O2S/c1-23-16-11-13-25(15-16)22-19-12-14-26(29(27,28)17-7-3-2-4-8-17)21(19)18-9-5-6-10-20(18)24-22;26-28(27,16-6-2-1-3-7-16)25-13-10-18-20(25)17-8-4-5-9-19(17)23-21(18)24-14-11-22-12-15-24/h2-10,12,14,16,23H,11,13,15H2,1H3;1-10,13,22H,11-12,14-15H2. The second-order valence-corrected chi connectivity index (χ2v) is 17.9. The summed E-state index contributed by atoms with van der Waals surface area (Å²) in [6.07, 6.45) is 4.33. The maximum Gasteiger partial charge on any atom is 0.268 e. The summed E-state index contributed by atoms with van der Waals surface area (Å²) in [4.78, 5) is 14.8. The third-order valence-electron chi connectivity index (χ3n) is 10.9. The second-order valence-electron chi connectivity index (χ2n) is 14.2. The molecule has 6 heterocycles. The van der Waals surface area contributed by atoms with E-state index in [1.54, 1.807) is 60.9 Å². The van der Waals surface area contributed by atoms with Gasteiger partial charge >= 0.3 is 0 Å². The number of pyridine rings is 2. The van der Waals surface area contributed by atoms with Gasteiger partial charge in [0.05, 0.1) is 31.9 Å². The van der Waals surface area contributed by atoms with E-state index in [-0.39, 0.29) is 9.79 Å². The first-order valence-electron chi connectivity index (χ1n) is 19.0. The van der Waals surface area contributed by atoms with Gasteiger partial charge in [-0.15, -0.1) is 0 Å². The first kappa shape index (κ1) is 36.8. The van der Waals surface area contributed by atoms with Gasteiger partial charge in [0.25, 0.3) is 20.0 Å². The Morgan fingerprint density at radius 2 is 1.02 bits per heavy atom. The first-order valence-corrected chi connectivity index (χ1v) is 21.9. The summed E-state index contributed by atoms with van der Waals surface area (Å²) in [5.74, 6) is 1.69. The molecule has 0 radical (unpaired) electrons. The number of benzene rings is 4. The molecule has 57 heavy (non-hydrogen) atoms. The van der Waals surface area contributed by atoms with Crippen molar-refractivity contribution in [1.29, 1.82) is 0 Å². The van der Waals surface area contributed by atoms with Crippen LogP contribution in [0.25, 0.3) is 43.6 Å². The maximum atomic E-state index is 13.4. The molecule has 1 unspecified atom stereocenters. The van der Waals surface area contributed by atoms with Gasteiger partial charge in [-0.2, -0.15) is 0 Å². The van der Waals surface area contributed by atoms with Gasteiger partial charge in [-0.25, -0.2) is 34.7 Å². The van der Waals surface area contributed by atoms with Gasteiger partial charge in [-0.3, -0.25) is 0 Å². The minimum absolute atomic E-state index is 0.274. The van der Waals surface area contributed by atoms with Crippen LogP contribution in [0.2, 0.25) is 0 Å². The topological polar surface area (TPSA) is 134 Å². The molecule has 4 aromatic heterocycles. The van der Waals surface area contributed by atoms with Gasteiger partial charge in [0.2, 0.25) is 0 Å². The highest BCUT2D eigenvalue weighted by atomic mass is 32.2. The quantitative estimate of drug-likeness (QED) is 0.196. The molecule has 2 aliphatic rings. The van der Waals surface area contributed by atoms with Gasteiger partial charge in [0, 0.05) is 79.2 Å². The summed E-state index contributed by atoms with van der Waals surface area (Å²) in [5, 5.41) is 10.1. The molecule has 0 spiro atoms. The van der Waals surface area contributed by atoms with Crippen LogP contribution in [0.5, 0.6) is 0 Å². The summed E-state index contributed by atoms with van der Waals surface area (Å²) in [6.45, 7) is 5.21. The Morgan fingerprint density at radius 3 is 1.49 bits per heavy atom. The van der Waals surface area contributed by atoms with Crippen LogP contribution in [0.3, 0.4) is 0 Å². The van der Waals surface area contributed by atoms with Crippen LogP contribution in [0.4, 0.5) is 11.6 Å². The number of aromatic nitrogens is 4. The average Bonchev–Trinajstić information content (AvgIpc) is 4.05. The van der Waals surface area contributed by atoms with Gasteiger partial charge in [0.15, 0.2) is 0 Å². The molecule has 0 amide bonds. The summed E-state index contributed by atoms with van der Waals surface area (Å²) < 4.78 is 56.3. The van der Waals surface area contributed by atoms with E-state index >= 15 is 0 Å². The van der Waals surface area contributed by atoms with Crippen molar-refractivity contribution in [2.75, 3.05) is 56.1 Å². The van der Waals surface area contributed by atoms with Crippen molar-refractivity contribution >= 4 is 75.3 Å². The molecule has 4 aromatic carbocycles. The van der Waals surface area contributed by atoms with Crippen LogP contribution < -0.4 is 20.4 Å². The molecule has 0 bridgehead atoms. The summed E-state index contributed by atoms with van der Waals surface area (Å²) in [7, 11) is -5.44. The highest BCUT2D eigenvalue weighted by Gasteiger charge is 2.28. The highest BCUT2D eigenvalue weighted by Crippen LogP contribution is 2.37. The van der Waals surface area contributed by atoms with E-state index in [4.69, 9.17) is 9.97 Å². The van der Waals surface area contributed by atoms with Crippen LogP contribution in [0, 0.1) is 0 Å². The Balaban J connectivity index is 0.000000148. The molecule has 290 valence electrons. The third-order valence-corrected chi connectivity index (χ3v) is 14.2. The van der Waals surface area contributed by atoms with Crippen molar-refractivity contribution in [1.82, 2.24) is 28.5 Å². The van der Waals surface area contributed by atoms with E-state index in [1.807, 2.05) is 79.8 Å². The maximum absolute atomic E-state index is 13.4. The zero-order valence-electron chi connectivity index (χ0n) is 31.4. The van der Waals surface area contributed by atoms with Crippen LogP contribution in [0.1, 0.15) is 6.42 Å². The van der Waals surface area contributed by atoms with Crippen molar-refractivity contribution < 1.29 is 16.8 Å². The number of anilines is 2. The number of hydrogen-bond donors (Lipinski definition) is 2. The fraction of sp³-hybridized carbons (Fsp3) is 0.209. The number of nitrogens with one attached hydrogen (secondary N) is 2. The van der Waals surface area contributed by atoms with Crippen LogP contribution in [-0.2, 0) is 20.0 Å². The van der Waals surface area contributed by atoms with Gasteiger partial charge in [0.1, 0.15) is 11.6 Å². The van der Waals surface area contributed by atoms with Crippen molar-refractivity contribution in [2.24, 2.45) is 0 Å².